The Bertz CT molecular complexity index is 610. The van der Waals surface area contributed by atoms with Crippen LogP contribution in [0.3, 0.4) is 0 Å². The number of carbonyl (C=O) groups excluding carboxylic acids is 1. The predicted molar refractivity (Wildman–Crippen MR) is 69.8 cm³/mol. The average Bonchev–Trinajstić information content (AvgIpc) is 3.00. The number of nitrogens with zero attached hydrogens (tertiary/aromatic N) is 2. The standard InChI is InChI=1S/C12H12N4O4/c13-11(15-18)7-19-10-4-2-1-3-8(10)14-12(17)9-5-6-20-16-9/h1-6,18H,7H2,(H2,13,15)(H,14,17). The maximum atomic E-state index is 11.8. The molecule has 0 bridgehead atoms. The van der Waals surface area contributed by atoms with Crippen LogP contribution in [0.2, 0.25) is 0 Å². The van der Waals surface area contributed by atoms with Crippen LogP contribution >= 0.6 is 0 Å². The number of benzene rings is 1. The summed E-state index contributed by atoms with van der Waals surface area (Å²) < 4.78 is 9.93. The SMILES string of the molecule is NC(COc1ccccc1NC(=O)c1ccon1)=NO. The monoisotopic (exact) mass is 276 g/mol. The Labute approximate surface area is 113 Å². The van der Waals surface area contributed by atoms with Crippen LogP contribution in [-0.2, 0) is 0 Å². The summed E-state index contributed by atoms with van der Waals surface area (Å²) >= 11 is 0. The van der Waals surface area contributed by atoms with E-state index in [1.165, 1.54) is 12.3 Å². The van der Waals surface area contributed by atoms with Gasteiger partial charge in [-0.1, -0.05) is 22.4 Å². The van der Waals surface area contributed by atoms with Crippen molar-refractivity contribution in [3.63, 3.8) is 0 Å². The minimum Gasteiger partial charge on any atom is -0.483 e. The van der Waals surface area contributed by atoms with E-state index in [9.17, 15) is 4.79 Å². The first-order chi connectivity index (χ1) is 9.70. The van der Waals surface area contributed by atoms with Crippen molar-refractivity contribution in [1.29, 1.82) is 0 Å². The van der Waals surface area contributed by atoms with Gasteiger partial charge in [-0.25, -0.2) is 0 Å². The predicted octanol–water partition coefficient (Wildman–Crippen LogP) is 1.05. The van der Waals surface area contributed by atoms with Crippen molar-refractivity contribution in [3.05, 3.63) is 42.3 Å². The largest absolute Gasteiger partial charge is 0.483 e. The molecule has 8 nitrogen and oxygen atoms in total. The third-order valence-electron chi connectivity index (χ3n) is 2.31. The Morgan fingerprint density at radius 3 is 2.95 bits per heavy atom. The lowest BCUT2D eigenvalue weighted by Gasteiger charge is -2.11. The molecule has 20 heavy (non-hydrogen) atoms. The molecular formula is C12H12N4O4. The molecule has 0 saturated carbocycles. The second kappa shape index (κ2) is 6.23. The van der Waals surface area contributed by atoms with Crippen LogP contribution in [0.5, 0.6) is 5.75 Å². The van der Waals surface area contributed by atoms with E-state index in [4.69, 9.17) is 15.7 Å². The zero-order valence-corrected chi connectivity index (χ0v) is 10.3. The molecule has 0 aliphatic heterocycles. The first-order valence-corrected chi connectivity index (χ1v) is 5.60. The number of ether oxygens (including phenoxy) is 1. The summed E-state index contributed by atoms with van der Waals surface area (Å²) in [6.45, 7) is -0.104. The average molecular weight is 276 g/mol. The van der Waals surface area contributed by atoms with Gasteiger partial charge in [0.05, 0.1) is 5.69 Å². The molecule has 0 unspecified atom stereocenters. The highest BCUT2D eigenvalue weighted by atomic mass is 16.5. The Morgan fingerprint density at radius 2 is 2.25 bits per heavy atom. The number of aromatic nitrogens is 1. The summed E-state index contributed by atoms with van der Waals surface area (Å²) in [5, 5.41) is 17.4. The molecule has 104 valence electrons. The van der Waals surface area contributed by atoms with E-state index in [0.29, 0.717) is 11.4 Å². The Kier molecular flexibility index (Phi) is 4.17. The lowest BCUT2D eigenvalue weighted by molar-refractivity contribution is 0.101. The van der Waals surface area contributed by atoms with Crippen molar-refractivity contribution in [2.24, 2.45) is 10.9 Å². The molecule has 2 rings (SSSR count). The van der Waals surface area contributed by atoms with Gasteiger partial charge in [0.25, 0.3) is 5.91 Å². The van der Waals surface area contributed by atoms with Gasteiger partial charge in [0.2, 0.25) is 0 Å². The smallest absolute Gasteiger partial charge is 0.277 e. The van der Waals surface area contributed by atoms with Crippen molar-refractivity contribution in [1.82, 2.24) is 5.16 Å². The lowest BCUT2D eigenvalue weighted by atomic mass is 10.3. The molecule has 0 saturated heterocycles. The van der Waals surface area contributed by atoms with Crippen molar-refractivity contribution in [2.45, 2.75) is 0 Å². The fraction of sp³-hybridized carbons (Fsp3) is 0.0833. The molecule has 1 aromatic heterocycles. The van der Waals surface area contributed by atoms with E-state index in [1.807, 2.05) is 0 Å². The third kappa shape index (κ3) is 3.25. The summed E-state index contributed by atoms with van der Waals surface area (Å²) in [6.07, 6.45) is 1.30. The fourth-order valence-electron chi connectivity index (χ4n) is 1.39. The summed E-state index contributed by atoms with van der Waals surface area (Å²) in [7, 11) is 0. The maximum absolute atomic E-state index is 11.8. The number of carbonyl (C=O) groups is 1. The Hall–Kier alpha value is -3.03. The van der Waals surface area contributed by atoms with Crippen LogP contribution < -0.4 is 15.8 Å². The van der Waals surface area contributed by atoms with E-state index in [1.54, 1.807) is 24.3 Å². The number of amides is 1. The number of nitrogens with two attached hydrogens (primary N) is 1. The van der Waals surface area contributed by atoms with Crippen LogP contribution in [-0.4, -0.2) is 28.7 Å². The van der Waals surface area contributed by atoms with Crippen molar-refractivity contribution >= 4 is 17.4 Å². The van der Waals surface area contributed by atoms with Gasteiger partial charge in [-0.15, -0.1) is 0 Å². The number of rotatable bonds is 5. The number of amidine groups is 1. The van der Waals surface area contributed by atoms with Crippen LogP contribution in [0.4, 0.5) is 5.69 Å². The zero-order chi connectivity index (χ0) is 14.4. The molecular weight excluding hydrogens is 264 g/mol. The van der Waals surface area contributed by atoms with Gasteiger partial charge in [0.15, 0.2) is 11.5 Å². The second-order valence-corrected chi connectivity index (χ2v) is 3.71. The molecule has 4 N–H and O–H groups in total. The quantitative estimate of drug-likeness (QED) is 0.324. The normalized spacial score (nSPS) is 11.1. The topological polar surface area (TPSA) is 123 Å². The maximum Gasteiger partial charge on any atom is 0.277 e. The molecule has 0 atom stereocenters. The summed E-state index contributed by atoms with van der Waals surface area (Å²) in [5.74, 6) is -0.128. The number of oxime groups is 1. The molecule has 8 heteroatoms. The van der Waals surface area contributed by atoms with E-state index < -0.39 is 5.91 Å². The van der Waals surface area contributed by atoms with Crippen molar-refractivity contribution in [3.8, 4) is 5.75 Å². The first-order valence-electron chi connectivity index (χ1n) is 5.60. The molecule has 0 aliphatic rings. The molecule has 0 radical (unpaired) electrons. The number of para-hydroxylation sites is 2. The van der Waals surface area contributed by atoms with Gasteiger partial charge >= 0.3 is 0 Å². The van der Waals surface area contributed by atoms with Gasteiger partial charge in [0.1, 0.15) is 18.6 Å². The van der Waals surface area contributed by atoms with E-state index in [0.717, 1.165) is 0 Å². The number of hydrogen-bond donors (Lipinski definition) is 3. The van der Waals surface area contributed by atoms with Gasteiger partial charge in [-0.3, -0.25) is 4.79 Å². The van der Waals surface area contributed by atoms with E-state index in [-0.39, 0.29) is 18.1 Å². The summed E-state index contributed by atoms with van der Waals surface area (Å²) in [4.78, 5) is 11.8. The molecule has 1 aromatic carbocycles. The van der Waals surface area contributed by atoms with Crippen molar-refractivity contribution in [2.75, 3.05) is 11.9 Å². The second-order valence-electron chi connectivity index (χ2n) is 3.71. The number of anilines is 1. The highest BCUT2D eigenvalue weighted by Crippen LogP contribution is 2.24. The van der Waals surface area contributed by atoms with Crippen LogP contribution in [0.1, 0.15) is 10.5 Å². The highest BCUT2D eigenvalue weighted by Gasteiger charge is 2.12. The molecule has 1 amide bonds. The van der Waals surface area contributed by atoms with Gasteiger partial charge < -0.3 is 25.5 Å². The van der Waals surface area contributed by atoms with Crippen LogP contribution in [0.25, 0.3) is 0 Å². The highest BCUT2D eigenvalue weighted by molar-refractivity contribution is 6.03. The molecule has 1 heterocycles. The lowest BCUT2D eigenvalue weighted by Crippen LogP contribution is -2.21. The molecule has 0 aliphatic carbocycles. The minimum atomic E-state index is -0.432. The fourth-order valence-corrected chi connectivity index (χ4v) is 1.39. The Balaban J connectivity index is 2.09. The number of nitrogens with one attached hydrogen (secondary N) is 1. The minimum absolute atomic E-state index is 0.0809. The van der Waals surface area contributed by atoms with E-state index >= 15 is 0 Å². The van der Waals surface area contributed by atoms with Crippen LogP contribution in [0.15, 0.2) is 46.3 Å². The summed E-state index contributed by atoms with van der Waals surface area (Å²) in [6, 6.07) is 8.19. The van der Waals surface area contributed by atoms with E-state index in [2.05, 4.69) is 20.2 Å². The first kappa shape index (κ1) is 13.4. The third-order valence-corrected chi connectivity index (χ3v) is 2.31. The van der Waals surface area contributed by atoms with Crippen molar-refractivity contribution < 1.29 is 19.3 Å². The number of hydrogen-bond acceptors (Lipinski definition) is 6. The van der Waals surface area contributed by atoms with Gasteiger partial charge in [-0.05, 0) is 12.1 Å². The van der Waals surface area contributed by atoms with Gasteiger partial charge in [0, 0.05) is 6.07 Å². The summed E-state index contributed by atoms with van der Waals surface area (Å²) in [5.41, 5.74) is 5.90. The Morgan fingerprint density at radius 1 is 1.45 bits per heavy atom. The molecule has 0 spiro atoms. The van der Waals surface area contributed by atoms with Gasteiger partial charge in [-0.2, -0.15) is 0 Å². The molecule has 0 fully saturated rings. The zero-order valence-electron chi connectivity index (χ0n) is 10.3. The van der Waals surface area contributed by atoms with Crippen LogP contribution in [0, 0.1) is 0 Å². The molecule has 2 aromatic rings.